The third-order valence-corrected chi connectivity index (χ3v) is 3.62. The van der Waals surface area contributed by atoms with Crippen LogP contribution in [0.15, 0.2) is 0 Å². The Labute approximate surface area is 110 Å². The molecule has 1 fully saturated rings. The van der Waals surface area contributed by atoms with Crippen molar-refractivity contribution in [2.75, 3.05) is 19.8 Å². The molecular formula is C12H25ClN2O2. The fourth-order valence-electron chi connectivity index (χ4n) is 1.87. The first-order valence-corrected chi connectivity index (χ1v) is 6.25. The van der Waals surface area contributed by atoms with Crippen molar-refractivity contribution in [3.63, 3.8) is 0 Å². The summed E-state index contributed by atoms with van der Waals surface area (Å²) in [5.74, 6) is 0.256. The maximum absolute atomic E-state index is 11.9. The molecule has 3 N–H and O–H groups in total. The lowest BCUT2D eigenvalue weighted by atomic mass is 9.93. The topological polar surface area (TPSA) is 64.3 Å². The number of nitrogens with two attached hydrogens (primary N) is 1. The smallest absolute Gasteiger partial charge is 0.223 e. The Hall–Kier alpha value is -0.320. The zero-order chi connectivity index (χ0) is 12.0. The zero-order valence-electron chi connectivity index (χ0n) is 10.8. The van der Waals surface area contributed by atoms with Crippen molar-refractivity contribution in [3.05, 3.63) is 0 Å². The molecule has 1 aliphatic heterocycles. The number of ether oxygens (including phenoxy) is 1. The molecular weight excluding hydrogens is 240 g/mol. The largest absolute Gasteiger partial charge is 0.381 e. The lowest BCUT2D eigenvalue weighted by Gasteiger charge is -2.28. The van der Waals surface area contributed by atoms with E-state index >= 15 is 0 Å². The fraction of sp³-hybridized carbons (Fsp3) is 0.917. The molecule has 0 aromatic carbocycles. The summed E-state index contributed by atoms with van der Waals surface area (Å²) in [6.07, 6.45) is 3.44. The lowest BCUT2D eigenvalue weighted by Crippen LogP contribution is -2.50. The average molecular weight is 265 g/mol. The van der Waals surface area contributed by atoms with E-state index < -0.39 is 0 Å². The first-order valence-electron chi connectivity index (χ1n) is 6.25. The minimum Gasteiger partial charge on any atom is -0.381 e. The summed E-state index contributed by atoms with van der Waals surface area (Å²) in [6.45, 7) is 6.10. The average Bonchev–Trinajstić information content (AvgIpc) is 2.36. The number of nitrogens with one attached hydrogen (secondary N) is 1. The van der Waals surface area contributed by atoms with E-state index in [1.54, 1.807) is 0 Å². The van der Waals surface area contributed by atoms with Crippen molar-refractivity contribution in [1.82, 2.24) is 5.32 Å². The van der Waals surface area contributed by atoms with Gasteiger partial charge < -0.3 is 15.8 Å². The summed E-state index contributed by atoms with van der Waals surface area (Å²) in [5.41, 5.74) is 5.89. The predicted molar refractivity (Wildman–Crippen MR) is 71.3 cm³/mol. The summed E-state index contributed by atoms with van der Waals surface area (Å²) in [4.78, 5) is 11.9. The van der Waals surface area contributed by atoms with Crippen molar-refractivity contribution in [2.24, 2.45) is 11.7 Å². The van der Waals surface area contributed by atoms with Crippen molar-refractivity contribution in [1.29, 1.82) is 0 Å². The predicted octanol–water partition coefficient (Wildman–Crippen LogP) is 1.47. The second kappa shape index (κ2) is 7.90. The van der Waals surface area contributed by atoms with Gasteiger partial charge in [0.2, 0.25) is 5.91 Å². The van der Waals surface area contributed by atoms with E-state index in [-0.39, 0.29) is 29.8 Å². The van der Waals surface area contributed by atoms with E-state index in [2.05, 4.69) is 19.2 Å². The third kappa shape index (κ3) is 5.23. The number of amides is 1. The third-order valence-electron chi connectivity index (χ3n) is 3.62. The van der Waals surface area contributed by atoms with Crippen LogP contribution in [0.4, 0.5) is 0 Å². The summed E-state index contributed by atoms with van der Waals surface area (Å²) in [5, 5.41) is 2.98. The Bertz CT molecular complexity index is 227. The fourth-order valence-corrected chi connectivity index (χ4v) is 1.87. The summed E-state index contributed by atoms with van der Waals surface area (Å²) in [6, 6.07) is 0. The summed E-state index contributed by atoms with van der Waals surface area (Å²) < 4.78 is 5.23. The van der Waals surface area contributed by atoms with Crippen LogP contribution in [-0.2, 0) is 9.53 Å². The first kappa shape index (κ1) is 16.7. The highest BCUT2D eigenvalue weighted by molar-refractivity contribution is 5.85. The minimum absolute atomic E-state index is 0. The van der Waals surface area contributed by atoms with Crippen LogP contribution in [0.3, 0.4) is 0 Å². The number of hydrogen-bond acceptors (Lipinski definition) is 3. The lowest BCUT2D eigenvalue weighted by molar-refractivity contribution is -0.128. The van der Waals surface area contributed by atoms with Crippen LogP contribution >= 0.6 is 12.4 Å². The van der Waals surface area contributed by atoms with Gasteiger partial charge in [-0.05, 0) is 25.7 Å². The van der Waals surface area contributed by atoms with E-state index in [0.717, 1.165) is 25.7 Å². The Morgan fingerprint density at radius 2 is 1.88 bits per heavy atom. The molecule has 0 radical (unpaired) electrons. The van der Waals surface area contributed by atoms with E-state index in [1.807, 2.05) is 0 Å². The van der Waals surface area contributed by atoms with Crippen LogP contribution in [0.25, 0.3) is 0 Å². The molecule has 5 heteroatoms. The van der Waals surface area contributed by atoms with E-state index in [0.29, 0.717) is 19.8 Å². The van der Waals surface area contributed by atoms with Gasteiger partial charge in [-0.1, -0.05) is 13.8 Å². The molecule has 102 valence electrons. The molecule has 0 aromatic rings. The van der Waals surface area contributed by atoms with E-state index in [1.165, 1.54) is 0 Å². The summed E-state index contributed by atoms with van der Waals surface area (Å²) >= 11 is 0. The van der Waals surface area contributed by atoms with Crippen LogP contribution in [0.5, 0.6) is 0 Å². The highest BCUT2D eigenvalue weighted by Crippen LogP contribution is 2.15. The molecule has 0 aliphatic carbocycles. The Kier molecular flexibility index (Phi) is 7.75. The minimum atomic E-state index is -0.249. The van der Waals surface area contributed by atoms with Crippen LogP contribution in [0.2, 0.25) is 0 Å². The van der Waals surface area contributed by atoms with Gasteiger partial charge in [0.05, 0.1) is 0 Å². The maximum atomic E-state index is 11.9. The van der Waals surface area contributed by atoms with Gasteiger partial charge in [-0.15, -0.1) is 12.4 Å². The quantitative estimate of drug-likeness (QED) is 0.790. The van der Waals surface area contributed by atoms with Gasteiger partial charge in [-0.3, -0.25) is 4.79 Å². The number of hydrogen-bond donors (Lipinski definition) is 2. The van der Waals surface area contributed by atoms with E-state index in [4.69, 9.17) is 10.5 Å². The van der Waals surface area contributed by atoms with Crippen LogP contribution in [0, 0.1) is 5.92 Å². The van der Waals surface area contributed by atoms with Crippen LogP contribution in [0.1, 0.15) is 39.5 Å². The Morgan fingerprint density at radius 3 is 2.35 bits per heavy atom. The molecule has 1 heterocycles. The highest BCUT2D eigenvalue weighted by Gasteiger charge is 2.25. The van der Waals surface area contributed by atoms with Gasteiger partial charge >= 0.3 is 0 Å². The normalized spacial score (nSPS) is 17.4. The Balaban J connectivity index is 0.00000256. The SMILES string of the molecule is CCC(N)(CC)CNC(=O)C1CCOCC1.Cl. The van der Waals surface area contributed by atoms with Gasteiger partial charge in [0.1, 0.15) is 0 Å². The first-order chi connectivity index (χ1) is 7.61. The van der Waals surface area contributed by atoms with Gasteiger partial charge in [0, 0.05) is 31.2 Å². The van der Waals surface area contributed by atoms with Gasteiger partial charge in [0.25, 0.3) is 0 Å². The van der Waals surface area contributed by atoms with Crippen LogP contribution < -0.4 is 11.1 Å². The molecule has 1 saturated heterocycles. The monoisotopic (exact) mass is 264 g/mol. The molecule has 0 saturated carbocycles. The molecule has 1 rings (SSSR count). The molecule has 0 spiro atoms. The van der Waals surface area contributed by atoms with Crippen molar-refractivity contribution < 1.29 is 9.53 Å². The molecule has 4 nitrogen and oxygen atoms in total. The van der Waals surface area contributed by atoms with Crippen molar-refractivity contribution in [2.45, 2.75) is 45.1 Å². The molecule has 0 atom stereocenters. The number of carbonyl (C=O) groups is 1. The molecule has 0 aromatic heterocycles. The highest BCUT2D eigenvalue weighted by atomic mass is 35.5. The van der Waals surface area contributed by atoms with Crippen molar-refractivity contribution in [3.8, 4) is 0 Å². The maximum Gasteiger partial charge on any atom is 0.223 e. The standard InChI is InChI=1S/C12H24N2O2.ClH/c1-3-12(13,4-2)9-14-11(15)10-5-7-16-8-6-10;/h10H,3-9,13H2,1-2H3,(H,14,15);1H. The second-order valence-corrected chi connectivity index (χ2v) is 4.67. The van der Waals surface area contributed by atoms with Gasteiger partial charge in [0.15, 0.2) is 0 Å². The van der Waals surface area contributed by atoms with Crippen molar-refractivity contribution >= 4 is 18.3 Å². The van der Waals surface area contributed by atoms with E-state index in [9.17, 15) is 4.79 Å². The molecule has 0 unspecified atom stereocenters. The number of carbonyl (C=O) groups excluding carboxylic acids is 1. The second-order valence-electron chi connectivity index (χ2n) is 4.67. The Morgan fingerprint density at radius 1 is 1.35 bits per heavy atom. The zero-order valence-corrected chi connectivity index (χ0v) is 11.6. The number of halogens is 1. The molecule has 1 aliphatic rings. The molecule has 0 bridgehead atoms. The molecule has 17 heavy (non-hydrogen) atoms. The molecule has 1 amide bonds. The van der Waals surface area contributed by atoms with Gasteiger partial charge in [-0.2, -0.15) is 0 Å². The van der Waals surface area contributed by atoms with Gasteiger partial charge in [-0.25, -0.2) is 0 Å². The summed E-state index contributed by atoms with van der Waals surface area (Å²) in [7, 11) is 0. The van der Waals surface area contributed by atoms with Crippen LogP contribution in [-0.4, -0.2) is 31.2 Å². The number of rotatable bonds is 5.